The molecule has 0 spiro atoms. The number of hydrogen-bond donors (Lipinski definition) is 1. The summed E-state index contributed by atoms with van der Waals surface area (Å²) in [4.78, 5) is 4.24. The maximum Gasteiger partial charge on any atom is 0.143 e. The van der Waals surface area contributed by atoms with E-state index in [4.69, 9.17) is 9.84 Å². The molecule has 1 rings (SSSR count). The summed E-state index contributed by atoms with van der Waals surface area (Å²) < 4.78 is 5.77. The van der Waals surface area contributed by atoms with Crippen LogP contribution >= 0.6 is 0 Å². The Morgan fingerprint density at radius 1 is 1.33 bits per heavy atom. The Morgan fingerprint density at radius 3 is 2.53 bits per heavy atom. The van der Waals surface area contributed by atoms with Crippen molar-refractivity contribution in [3.05, 3.63) is 23.5 Å². The van der Waals surface area contributed by atoms with Crippen molar-refractivity contribution in [1.82, 2.24) is 4.98 Å². The standard InChI is InChI=1S/C12H19NO2/c1-4-10(5-2)15-12-7-6-9(3)13-11(12)8-14/h6-7,10,14H,4-5,8H2,1-3H3. The molecule has 1 aromatic heterocycles. The van der Waals surface area contributed by atoms with Gasteiger partial charge in [0.1, 0.15) is 11.4 Å². The third-order valence-electron chi connectivity index (χ3n) is 2.43. The van der Waals surface area contributed by atoms with Crippen molar-refractivity contribution in [3.8, 4) is 5.75 Å². The lowest BCUT2D eigenvalue weighted by atomic mass is 10.2. The van der Waals surface area contributed by atoms with Crippen LogP contribution in [-0.4, -0.2) is 16.2 Å². The molecule has 3 heteroatoms. The smallest absolute Gasteiger partial charge is 0.143 e. The average Bonchev–Trinajstić information content (AvgIpc) is 2.27. The average molecular weight is 209 g/mol. The summed E-state index contributed by atoms with van der Waals surface area (Å²) in [5, 5.41) is 9.16. The van der Waals surface area contributed by atoms with Gasteiger partial charge in [-0.25, -0.2) is 0 Å². The van der Waals surface area contributed by atoms with Crippen LogP contribution in [0.1, 0.15) is 38.1 Å². The quantitative estimate of drug-likeness (QED) is 0.810. The summed E-state index contributed by atoms with van der Waals surface area (Å²) in [5.74, 6) is 0.705. The minimum absolute atomic E-state index is 0.0723. The molecule has 0 amide bonds. The van der Waals surface area contributed by atoms with Gasteiger partial charge in [-0.05, 0) is 31.9 Å². The van der Waals surface area contributed by atoms with E-state index in [-0.39, 0.29) is 12.7 Å². The van der Waals surface area contributed by atoms with Crippen LogP contribution in [0.5, 0.6) is 5.75 Å². The fraction of sp³-hybridized carbons (Fsp3) is 0.583. The summed E-state index contributed by atoms with van der Waals surface area (Å²) in [6.45, 7) is 6.01. The summed E-state index contributed by atoms with van der Waals surface area (Å²) >= 11 is 0. The summed E-state index contributed by atoms with van der Waals surface area (Å²) in [6, 6.07) is 3.78. The van der Waals surface area contributed by atoms with Crippen LogP contribution in [-0.2, 0) is 6.61 Å². The van der Waals surface area contributed by atoms with E-state index in [1.807, 2.05) is 19.1 Å². The zero-order chi connectivity index (χ0) is 11.3. The largest absolute Gasteiger partial charge is 0.488 e. The van der Waals surface area contributed by atoms with Gasteiger partial charge in [0.15, 0.2) is 0 Å². The van der Waals surface area contributed by atoms with Gasteiger partial charge in [0, 0.05) is 5.69 Å². The molecule has 1 heterocycles. The van der Waals surface area contributed by atoms with Crippen LogP contribution in [0, 0.1) is 6.92 Å². The molecule has 0 saturated carbocycles. The highest BCUT2D eigenvalue weighted by atomic mass is 16.5. The molecule has 0 fully saturated rings. The molecule has 15 heavy (non-hydrogen) atoms. The van der Waals surface area contributed by atoms with Crippen molar-refractivity contribution in [3.63, 3.8) is 0 Å². The second-order valence-corrected chi connectivity index (χ2v) is 3.61. The predicted octanol–water partition coefficient (Wildman–Crippen LogP) is 2.45. The van der Waals surface area contributed by atoms with Gasteiger partial charge in [-0.2, -0.15) is 0 Å². The number of aromatic nitrogens is 1. The molecule has 0 aliphatic carbocycles. The molecular formula is C12H19NO2. The van der Waals surface area contributed by atoms with Gasteiger partial charge >= 0.3 is 0 Å². The Morgan fingerprint density at radius 2 is 2.00 bits per heavy atom. The van der Waals surface area contributed by atoms with Gasteiger partial charge in [-0.1, -0.05) is 13.8 Å². The van der Waals surface area contributed by atoms with E-state index < -0.39 is 0 Å². The molecule has 3 nitrogen and oxygen atoms in total. The van der Waals surface area contributed by atoms with Gasteiger partial charge in [-0.15, -0.1) is 0 Å². The Hall–Kier alpha value is -1.09. The topological polar surface area (TPSA) is 42.4 Å². The monoisotopic (exact) mass is 209 g/mol. The number of pyridine rings is 1. The van der Waals surface area contributed by atoms with Crippen molar-refractivity contribution in [2.75, 3.05) is 0 Å². The number of rotatable bonds is 5. The van der Waals surface area contributed by atoms with Crippen LogP contribution in [0.2, 0.25) is 0 Å². The number of aryl methyl sites for hydroxylation is 1. The van der Waals surface area contributed by atoms with Gasteiger partial charge in [0.25, 0.3) is 0 Å². The van der Waals surface area contributed by atoms with Crippen molar-refractivity contribution < 1.29 is 9.84 Å². The summed E-state index contributed by atoms with van der Waals surface area (Å²) in [6.07, 6.45) is 2.14. The number of aliphatic hydroxyl groups excluding tert-OH is 1. The highest BCUT2D eigenvalue weighted by molar-refractivity contribution is 5.28. The minimum atomic E-state index is -0.0723. The number of ether oxygens (including phenoxy) is 1. The van der Waals surface area contributed by atoms with Crippen LogP contribution in [0.15, 0.2) is 12.1 Å². The summed E-state index contributed by atoms with van der Waals surface area (Å²) in [5.41, 5.74) is 1.53. The number of hydrogen-bond acceptors (Lipinski definition) is 3. The summed E-state index contributed by atoms with van der Waals surface area (Å²) in [7, 11) is 0. The first-order chi connectivity index (χ1) is 7.21. The molecule has 0 unspecified atom stereocenters. The second kappa shape index (κ2) is 5.71. The lowest BCUT2D eigenvalue weighted by Gasteiger charge is -2.17. The lowest BCUT2D eigenvalue weighted by Crippen LogP contribution is -2.15. The van der Waals surface area contributed by atoms with Crippen LogP contribution in [0.25, 0.3) is 0 Å². The van der Waals surface area contributed by atoms with E-state index in [0.29, 0.717) is 11.4 Å². The highest BCUT2D eigenvalue weighted by Crippen LogP contribution is 2.20. The third kappa shape index (κ3) is 3.20. The molecule has 0 aromatic carbocycles. The highest BCUT2D eigenvalue weighted by Gasteiger charge is 2.09. The Bertz CT molecular complexity index is 308. The molecule has 0 aliphatic heterocycles. The van der Waals surface area contributed by atoms with Gasteiger partial charge < -0.3 is 9.84 Å². The molecule has 0 saturated heterocycles. The molecule has 1 N–H and O–H groups in total. The van der Waals surface area contributed by atoms with Crippen LogP contribution in [0.3, 0.4) is 0 Å². The van der Waals surface area contributed by atoms with E-state index in [9.17, 15) is 0 Å². The van der Waals surface area contributed by atoms with Crippen LogP contribution in [0.4, 0.5) is 0 Å². The first-order valence-corrected chi connectivity index (χ1v) is 5.45. The Kier molecular flexibility index (Phi) is 4.56. The first kappa shape index (κ1) is 12.0. The molecule has 84 valence electrons. The minimum Gasteiger partial charge on any atom is -0.488 e. The lowest BCUT2D eigenvalue weighted by molar-refractivity contribution is 0.182. The fourth-order valence-electron chi connectivity index (χ4n) is 1.45. The third-order valence-corrected chi connectivity index (χ3v) is 2.43. The van der Waals surface area contributed by atoms with Gasteiger partial charge in [0.05, 0.1) is 12.7 Å². The van der Waals surface area contributed by atoms with Crippen molar-refractivity contribution in [1.29, 1.82) is 0 Å². The zero-order valence-electron chi connectivity index (χ0n) is 9.66. The molecular weight excluding hydrogens is 190 g/mol. The Labute approximate surface area is 91.1 Å². The van der Waals surface area contributed by atoms with Crippen molar-refractivity contribution in [2.24, 2.45) is 0 Å². The predicted molar refractivity (Wildman–Crippen MR) is 59.9 cm³/mol. The molecule has 0 radical (unpaired) electrons. The normalized spacial score (nSPS) is 10.7. The van der Waals surface area contributed by atoms with E-state index >= 15 is 0 Å². The van der Waals surface area contributed by atoms with Gasteiger partial charge in [0.2, 0.25) is 0 Å². The Balaban J connectivity index is 2.83. The van der Waals surface area contributed by atoms with Gasteiger partial charge in [-0.3, -0.25) is 4.98 Å². The molecule has 0 atom stereocenters. The maximum absolute atomic E-state index is 9.16. The van der Waals surface area contributed by atoms with Crippen LogP contribution < -0.4 is 4.74 Å². The SMILES string of the molecule is CCC(CC)Oc1ccc(C)nc1CO. The van der Waals surface area contributed by atoms with E-state index in [0.717, 1.165) is 18.5 Å². The zero-order valence-corrected chi connectivity index (χ0v) is 9.66. The van der Waals surface area contributed by atoms with Crippen molar-refractivity contribution >= 4 is 0 Å². The number of aliphatic hydroxyl groups is 1. The van der Waals surface area contributed by atoms with E-state index in [1.165, 1.54) is 0 Å². The van der Waals surface area contributed by atoms with E-state index in [1.54, 1.807) is 0 Å². The molecule has 0 bridgehead atoms. The maximum atomic E-state index is 9.16. The van der Waals surface area contributed by atoms with Crippen molar-refractivity contribution in [2.45, 2.75) is 46.3 Å². The molecule has 1 aromatic rings. The number of nitrogens with zero attached hydrogens (tertiary/aromatic N) is 1. The van der Waals surface area contributed by atoms with E-state index in [2.05, 4.69) is 18.8 Å². The molecule has 0 aliphatic rings. The fourth-order valence-corrected chi connectivity index (χ4v) is 1.45. The first-order valence-electron chi connectivity index (χ1n) is 5.45. The second-order valence-electron chi connectivity index (χ2n) is 3.61.